The summed E-state index contributed by atoms with van der Waals surface area (Å²) in [6.45, 7) is 1.80. The number of methoxy groups -OCH3 is 2. The van der Waals surface area contributed by atoms with Crippen molar-refractivity contribution in [3.8, 4) is 39.6 Å². The van der Waals surface area contributed by atoms with Crippen LogP contribution in [-0.2, 0) is 11.8 Å². The lowest BCUT2D eigenvalue weighted by atomic mass is 9.95. The fourth-order valence-corrected chi connectivity index (χ4v) is 4.91. The highest BCUT2D eigenvalue weighted by molar-refractivity contribution is 6.07. The molecule has 0 aliphatic carbocycles. The largest absolute Gasteiger partial charge is 0.506 e. The van der Waals surface area contributed by atoms with Crippen LogP contribution in [0, 0.1) is 6.92 Å². The molecule has 1 N–H and O–H groups in total. The molecule has 7 nitrogen and oxygen atoms in total. The summed E-state index contributed by atoms with van der Waals surface area (Å²) in [6, 6.07) is 24.0. The van der Waals surface area contributed by atoms with E-state index in [1.807, 2.05) is 59.2 Å². The van der Waals surface area contributed by atoms with Gasteiger partial charge >= 0.3 is 5.97 Å². The molecule has 5 rings (SSSR count). The van der Waals surface area contributed by atoms with E-state index in [0.717, 1.165) is 11.3 Å². The third-order valence-corrected chi connectivity index (χ3v) is 6.70. The van der Waals surface area contributed by atoms with Crippen LogP contribution >= 0.6 is 0 Å². The Labute approximate surface area is 213 Å². The Morgan fingerprint density at radius 2 is 1.51 bits per heavy atom. The van der Waals surface area contributed by atoms with E-state index in [4.69, 9.17) is 9.47 Å². The number of carbonyl (C=O) groups is 1. The molecule has 0 amide bonds. The number of rotatable bonds is 5. The molecule has 0 saturated heterocycles. The first kappa shape index (κ1) is 23.9. The highest BCUT2D eigenvalue weighted by Crippen LogP contribution is 2.44. The number of aromatic nitrogens is 2. The minimum atomic E-state index is -0.605. The van der Waals surface area contributed by atoms with Gasteiger partial charge in [0.05, 0.1) is 36.6 Å². The number of benzene rings is 3. The van der Waals surface area contributed by atoms with Gasteiger partial charge in [0.1, 0.15) is 11.5 Å². The van der Waals surface area contributed by atoms with E-state index in [2.05, 4.69) is 0 Å². The van der Waals surface area contributed by atoms with Crippen LogP contribution in [0.1, 0.15) is 16.1 Å². The molecule has 5 aromatic rings. The van der Waals surface area contributed by atoms with E-state index >= 15 is 0 Å². The van der Waals surface area contributed by atoms with Crippen LogP contribution < -0.4 is 10.3 Å². The SMILES string of the molecule is COC(=O)c1c(-c2c(O)c3ccccc3n(C)c2=O)c(-c2ccccc2)n(-c2ccc(OC)cc2)c1C. The van der Waals surface area contributed by atoms with Gasteiger partial charge in [-0.1, -0.05) is 42.5 Å². The molecule has 0 saturated carbocycles. The number of aryl methyl sites for hydroxylation is 1. The van der Waals surface area contributed by atoms with E-state index in [9.17, 15) is 14.7 Å². The Hall–Kier alpha value is -4.78. The van der Waals surface area contributed by atoms with Gasteiger partial charge in [0.25, 0.3) is 5.56 Å². The summed E-state index contributed by atoms with van der Waals surface area (Å²) in [5.74, 6) is -0.108. The fraction of sp³-hybridized carbons (Fsp3) is 0.133. The van der Waals surface area contributed by atoms with Gasteiger partial charge in [0.2, 0.25) is 0 Å². The second kappa shape index (κ2) is 9.35. The van der Waals surface area contributed by atoms with Crippen molar-refractivity contribution in [1.82, 2.24) is 9.13 Å². The predicted octanol–water partition coefficient (Wildman–Crippen LogP) is 5.47. The van der Waals surface area contributed by atoms with E-state index in [1.165, 1.54) is 11.7 Å². The smallest absolute Gasteiger partial charge is 0.340 e. The average molecular weight is 495 g/mol. The van der Waals surface area contributed by atoms with Crippen molar-refractivity contribution in [2.45, 2.75) is 6.92 Å². The van der Waals surface area contributed by atoms with Gasteiger partial charge < -0.3 is 23.7 Å². The zero-order chi connectivity index (χ0) is 26.3. The zero-order valence-electron chi connectivity index (χ0n) is 21.0. The number of aromatic hydroxyl groups is 1. The van der Waals surface area contributed by atoms with Gasteiger partial charge in [0, 0.05) is 29.4 Å². The Morgan fingerprint density at radius 1 is 0.865 bits per heavy atom. The first-order valence-corrected chi connectivity index (χ1v) is 11.7. The second-order valence-electron chi connectivity index (χ2n) is 8.68. The number of fused-ring (bicyclic) bond motifs is 1. The molecule has 0 atom stereocenters. The number of pyridine rings is 1. The Bertz CT molecular complexity index is 1700. The maximum Gasteiger partial charge on any atom is 0.340 e. The van der Waals surface area contributed by atoms with Crippen molar-refractivity contribution >= 4 is 16.9 Å². The lowest BCUT2D eigenvalue weighted by Gasteiger charge is -2.16. The molecule has 3 aromatic carbocycles. The molecule has 7 heteroatoms. The summed E-state index contributed by atoms with van der Waals surface area (Å²) in [5.41, 5.74) is 3.40. The van der Waals surface area contributed by atoms with Gasteiger partial charge in [-0.25, -0.2) is 4.79 Å². The lowest BCUT2D eigenvalue weighted by molar-refractivity contribution is 0.0601. The fourth-order valence-electron chi connectivity index (χ4n) is 4.91. The van der Waals surface area contributed by atoms with Crippen LogP contribution in [0.4, 0.5) is 0 Å². The maximum atomic E-state index is 13.8. The molecule has 0 unspecified atom stereocenters. The molecule has 2 aromatic heterocycles. The van der Waals surface area contributed by atoms with Gasteiger partial charge in [-0.2, -0.15) is 0 Å². The van der Waals surface area contributed by atoms with Gasteiger partial charge in [-0.05, 0) is 48.9 Å². The normalized spacial score (nSPS) is 11.0. The summed E-state index contributed by atoms with van der Waals surface area (Å²) in [6.07, 6.45) is 0. The minimum Gasteiger partial charge on any atom is -0.506 e. The van der Waals surface area contributed by atoms with E-state index < -0.39 is 11.5 Å². The van der Waals surface area contributed by atoms with Crippen molar-refractivity contribution in [1.29, 1.82) is 0 Å². The number of ether oxygens (including phenoxy) is 2. The first-order chi connectivity index (χ1) is 17.9. The molecular formula is C30H26N2O5. The second-order valence-corrected chi connectivity index (χ2v) is 8.68. The number of carbonyl (C=O) groups excluding carboxylic acids is 1. The summed E-state index contributed by atoms with van der Waals surface area (Å²) in [7, 11) is 4.55. The average Bonchev–Trinajstić information content (AvgIpc) is 3.24. The molecule has 186 valence electrons. The minimum absolute atomic E-state index is 0.0378. The summed E-state index contributed by atoms with van der Waals surface area (Å²) in [4.78, 5) is 27.1. The van der Waals surface area contributed by atoms with E-state index in [1.54, 1.807) is 45.3 Å². The van der Waals surface area contributed by atoms with Gasteiger partial charge in [-0.15, -0.1) is 0 Å². The molecule has 0 bridgehead atoms. The Morgan fingerprint density at radius 3 is 2.16 bits per heavy atom. The van der Waals surface area contributed by atoms with Crippen molar-refractivity contribution in [2.75, 3.05) is 14.2 Å². The standard InChI is InChI=1S/C30H26N2O5/c1-18-24(30(35)37-4)25(26-28(33)22-12-8-9-13-23(22)31(2)29(26)34)27(19-10-6-5-7-11-19)32(18)20-14-16-21(36-3)17-15-20/h5-17,33H,1-4H3. The maximum absolute atomic E-state index is 13.8. The van der Waals surface area contributed by atoms with Crippen LogP contribution in [0.25, 0.3) is 39.0 Å². The van der Waals surface area contributed by atoms with Crippen LogP contribution in [0.3, 0.4) is 0 Å². The van der Waals surface area contributed by atoms with Crippen LogP contribution in [0.5, 0.6) is 11.5 Å². The Kier molecular flexibility index (Phi) is 6.05. The van der Waals surface area contributed by atoms with Crippen LogP contribution in [0.15, 0.2) is 83.7 Å². The third kappa shape index (κ3) is 3.76. The van der Waals surface area contributed by atoms with Crippen LogP contribution in [0.2, 0.25) is 0 Å². The number of esters is 1. The van der Waals surface area contributed by atoms with Crippen molar-refractivity contribution in [3.63, 3.8) is 0 Å². The molecule has 2 heterocycles. The highest BCUT2D eigenvalue weighted by atomic mass is 16.5. The summed E-state index contributed by atoms with van der Waals surface area (Å²) >= 11 is 0. The predicted molar refractivity (Wildman–Crippen MR) is 144 cm³/mol. The highest BCUT2D eigenvalue weighted by Gasteiger charge is 2.32. The zero-order valence-corrected chi connectivity index (χ0v) is 21.0. The molecule has 0 spiro atoms. The number of hydrogen-bond acceptors (Lipinski definition) is 5. The Balaban J connectivity index is 2.00. The molecule has 0 fully saturated rings. The van der Waals surface area contributed by atoms with Crippen molar-refractivity contribution in [3.05, 3.63) is 100 Å². The van der Waals surface area contributed by atoms with E-state index in [0.29, 0.717) is 33.6 Å². The molecule has 0 aliphatic heterocycles. The van der Waals surface area contributed by atoms with Crippen molar-refractivity contribution in [2.24, 2.45) is 7.05 Å². The van der Waals surface area contributed by atoms with Crippen molar-refractivity contribution < 1.29 is 19.4 Å². The molecular weight excluding hydrogens is 468 g/mol. The number of para-hydroxylation sites is 1. The lowest BCUT2D eigenvalue weighted by Crippen LogP contribution is -2.20. The van der Waals surface area contributed by atoms with Gasteiger partial charge in [0.15, 0.2) is 0 Å². The molecule has 37 heavy (non-hydrogen) atoms. The number of nitrogens with zero attached hydrogens (tertiary/aromatic N) is 2. The number of hydrogen-bond donors (Lipinski definition) is 1. The first-order valence-electron chi connectivity index (χ1n) is 11.7. The van der Waals surface area contributed by atoms with Gasteiger partial charge in [-0.3, -0.25) is 4.79 Å². The molecule has 0 aliphatic rings. The third-order valence-electron chi connectivity index (χ3n) is 6.70. The molecule has 0 radical (unpaired) electrons. The van der Waals surface area contributed by atoms with E-state index in [-0.39, 0.29) is 16.9 Å². The monoisotopic (exact) mass is 494 g/mol. The quantitative estimate of drug-likeness (QED) is 0.328. The summed E-state index contributed by atoms with van der Waals surface area (Å²) < 4.78 is 13.9. The topological polar surface area (TPSA) is 82.7 Å². The van der Waals surface area contributed by atoms with Crippen LogP contribution in [-0.4, -0.2) is 34.4 Å². The summed E-state index contributed by atoms with van der Waals surface area (Å²) in [5, 5.41) is 12.0.